The van der Waals surface area contributed by atoms with E-state index in [1.165, 1.54) is 18.2 Å². The number of aromatic nitrogens is 2. The molecule has 3 rings (SSSR count). The molecule has 1 aromatic carbocycles. The fourth-order valence-corrected chi connectivity index (χ4v) is 3.94. The van der Waals surface area contributed by atoms with Crippen molar-refractivity contribution in [3.05, 3.63) is 30.2 Å². The zero-order chi connectivity index (χ0) is 19.8. The van der Waals surface area contributed by atoms with Gasteiger partial charge in [0.2, 0.25) is 5.95 Å². The van der Waals surface area contributed by atoms with Gasteiger partial charge in [-0.05, 0) is 40.5 Å². The first-order valence-corrected chi connectivity index (χ1v) is 8.90. The van der Waals surface area contributed by atoms with Crippen LogP contribution in [-0.4, -0.2) is 37.3 Å². The number of hydrogen-bond acceptors (Lipinski definition) is 7. The van der Waals surface area contributed by atoms with Crippen LogP contribution in [0.2, 0.25) is 0 Å². The Balaban J connectivity index is 1.79. The molecule has 0 aliphatic carbocycles. The Morgan fingerprint density at radius 2 is 1.67 bits per heavy atom. The molecule has 0 unspecified atom stereocenters. The Bertz CT molecular complexity index is 805. The van der Waals surface area contributed by atoms with Crippen molar-refractivity contribution in [3.63, 3.8) is 0 Å². The molecule has 0 bridgehead atoms. The van der Waals surface area contributed by atoms with E-state index in [2.05, 4.69) is 53.6 Å². The van der Waals surface area contributed by atoms with Crippen LogP contribution in [0.5, 0.6) is 11.5 Å². The maximum atomic E-state index is 14.3. The second kappa shape index (κ2) is 6.84. The lowest BCUT2D eigenvalue weighted by atomic mass is 9.79. The molecule has 0 saturated carbocycles. The Morgan fingerprint density at radius 1 is 1.07 bits per heavy atom. The molecule has 1 fully saturated rings. The van der Waals surface area contributed by atoms with Crippen molar-refractivity contribution < 1.29 is 14.6 Å². The van der Waals surface area contributed by atoms with E-state index in [1.54, 1.807) is 0 Å². The lowest BCUT2D eigenvalue weighted by Gasteiger charge is -2.46. The van der Waals surface area contributed by atoms with Gasteiger partial charge in [0.1, 0.15) is 11.5 Å². The quantitative estimate of drug-likeness (QED) is 0.557. The van der Waals surface area contributed by atoms with E-state index in [4.69, 9.17) is 0 Å². The Kier molecular flexibility index (Phi) is 4.86. The first-order valence-electron chi connectivity index (χ1n) is 8.90. The van der Waals surface area contributed by atoms with Crippen LogP contribution >= 0.6 is 0 Å². The molecule has 5 N–H and O–H groups in total. The number of hydrogen-bond donors (Lipinski definition) is 5. The molecule has 0 spiro atoms. The second-order valence-corrected chi connectivity index (χ2v) is 8.40. The van der Waals surface area contributed by atoms with E-state index in [1.807, 2.05) is 0 Å². The summed E-state index contributed by atoms with van der Waals surface area (Å²) < 4.78 is 14.3. The average molecular weight is 375 g/mol. The molecule has 2 heterocycles. The van der Waals surface area contributed by atoms with Gasteiger partial charge in [0.25, 0.3) is 0 Å². The van der Waals surface area contributed by atoms with Crippen LogP contribution < -0.4 is 16.0 Å². The van der Waals surface area contributed by atoms with Crippen molar-refractivity contribution in [2.45, 2.75) is 57.7 Å². The number of piperidine rings is 1. The summed E-state index contributed by atoms with van der Waals surface area (Å²) in [7, 11) is 0. The van der Waals surface area contributed by atoms with E-state index < -0.39 is 5.82 Å². The number of phenols is 2. The zero-order valence-corrected chi connectivity index (χ0v) is 16.0. The maximum absolute atomic E-state index is 14.3. The number of halogens is 1. The monoisotopic (exact) mass is 375 g/mol. The summed E-state index contributed by atoms with van der Waals surface area (Å²) in [4.78, 5) is 8.16. The van der Waals surface area contributed by atoms with Crippen molar-refractivity contribution in [3.8, 4) is 11.5 Å². The van der Waals surface area contributed by atoms with Gasteiger partial charge in [0, 0.05) is 41.0 Å². The number of nitrogens with zero attached hydrogens (tertiary/aromatic N) is 2. The van der Waals surface area contributed by atoms with Crippen LogP contribution in [0, 0.1) is 5.82 Å². The molecular formula is C19H26FN5O2. The van der Waals surface area contributed by atoms with Gasteiger partial charge in [-0.15, -0.1) is 0 Å². The standard InChI is InChI=1S/C19H26FN5O2/c1-18(2)8-12(9-19(3,4)25-18)22-16-15(20)10-21-17(24-16)23-11-5-13(26)7-14(27)6-11/h5-7,10,12,25-27H,8-9H2,1-4H3,(H2,21,22,23,24). The lowest BCUT2D eigenvalue weighted by molar-refractivity contribution is 0.170. The molecular weight excluding hydrogens is 349 g/mol. The number of phenolic OH excluding ortho intramolecular Hbond substituents is 2. The molecule has 8 heteroatoms. The van der Waals surface area contributed by atoms with Gasteiger partial charge in [-0.1, -0.05) is 0 Å². The predicted octanol–water partition coefficient (Wildman–Crippen LogP) is 3.49. The molecule has 0 radical (unpaired) electrons. The van der Waals surface area contributed by atoms with Gasteiger partial charge in [0.15, 0.2) is 11.6 Å². The molecule has 1 saturated heterocycles. The van der Waals surface area contributed by atoms with Crippen LogP contribution in [0.1, 0.15) is 40.5 Å². The smallest absolute Gasteiger partial charge is 0.229 e. The van der Waals surface area contributed by atoms with Gasteiger partial charge in [-0.25, -0.2) is 9.37 Å². The topological polar surface area (TPSA) is 102 Å². The molecule has 2 aromatic rings. The SMILES string of the molecule is CC1(C)CC(Nc2nc(Nc3cc(O)cc(O)c3)ncc2F)CC(C)(C)N1. The Labute approximate surface area is 158 Å². The summed E-state index contributed by atoms with van der Waals surface area (Å²) in [6.07, 6.45) is 2.74. The summed E-state index contributed by atoms with van der Waals surface area (Å²) in [6, 6.07) is 4.09. The number of anilines is 3. The fraction of sp³-hybridized carbons (Fsp3) is 0.474. The summed E-state index contributed by atoms with van der Waals surface area (Å²) in [5.74, 6) is -0.450. The number of benzene rings is 1. The van der Waals surface area contributed by atoms with Crippen LogP contribution in [0.15, 0.2) is 24.4 Å². The van der Waals surface area contributed by atoms with E-state index in [0.717, 1.165) is 19.0 Å². The maximum Gasteiger partial charge on any atom is 0.229 e. The summed E-state index contributed by atoms with van der Waals surface area (Å²) in [6.45, 7) is 8.50. The van der Waals surface area contributed by atoms with Gasteiger partial charge in [0.05, 0.1) is 6.20 Å². The number of aromatic hydroxyl groups is 2. The molecule has 0 amide bonds. The van der Waals surface area contributed by atoms with Crippen LogP contribution in [-0.2, 0) is 0 Å². The van der Waals surface area contributed by atoms with Gasteiger partial charge >= 0.3 is 0 Å². The first-order chi connectivity index (χ1) is 12.5. The summed E-state index contributed by atoms with van der Waals surface area (Å²) in [5, 5.41) is 28.8. The van der Waals surface area contributed by atoms with E-state index in [0.29, 0.717) is 5.69 Å². The third-order valence-electron chi connectivity index (χ3n) is 4.43. The van der Waals surface area contributed by atoms with Crippen molar-refractivity contribution in [2.24, 2.45) is 0 Å². The molecule has 1 aliphatic rings. The van der Waals surface area contributed by atoms with E-state index in [-0.39, 0.29) is 40.4 Å². The van der Waals surface area contributed by atoms with Gasteiger partial charge in [-0.3, -0.25) is 0 Å². The summed E-state index contributed by atoms with van der Waals surface area (Å²) >= 11 is 0. The molecule has 27 heavy (non-hydrogen) atoms. The Morgan fingerprint density at radius 3 is 2.26 bits per heavy atom. The third-order valence-corrected chi connectivity index (χ3v) is 4.43. The first kappa shape index (κ1) is 19.2. The predicted molar refractivity (Wildman–Crippen MR) is 103 cm³/mol. The minimum atomic E-state index is -0.534. The molecule has 0 atom stereocenters. The van der Waals surface area contributed by atoms with E-state index >= 15 is 0 Å². The molecule has 7 nitrogen and oxygen atoms in total. The highest BCUT2D eigenvalue weighted by Gasteiger charge is 2.38. The van der Waals surface area contributed by atoms with Crippen molar-refractivity contribution >= 4 is 17.5 Å². The van der Waals surface area contributed by atoms with Crippen molar-refractivity contribution in [2.75, 3.05) is 10.6 Å². The van der Waals surface area contributed by atoms with Crippen LogP contribution in [0.3, 0.4) is 0 Å². The van der Waals surface area contributed by atoms with Crippen LogP contribution in [0.25, 0.3) is 0 Å². The highest BCUT2D eigenvalue weighted by atomic mass is 19.1. The van der Waals surface area contributed by atoms with E-state index in [9.17, 15) is 14.6 Å². The van der Waals surface area contributed by atoms with Crippen molar-refractivity contribution in [1.82, 2.24) is 15.3 Å². The van der Waals surface area contributed by atoms with Gasteiger partial charge < -0.3 is 26.2 Å². The third kappa shape index (κ3) is 4.97. The zero-order valence-electron chi connectivity index (χ0n) is 16.0. The lowest BCUT2D eigenvalue weighted by Crippen LogP contribution is -2.60. The van der Waals surface area contributed by atoms with Crippen LogP contribution in [0.4, 0.5) is 21.8 Å². The molecule has 1 aromatic heterocycles. The summed E-state index contributed by atoms with van der Waals surface area (Å²) in [5.41, 5.74) is 0.237. The Hall–Kier alpha value is -2.61. The van der Waals surface area contributed by atoms with Crippen molar-refractivity contribution in [1.29, 1.82) is 0 Å². The second-order valence-electron chi connectivity index (χ2n) is 8.40. The highest BCUT2D eigenvalue weighted by Crippen LogP contribution is 2.31. The molecule has 146 valence electrons. The number of rotatable bonds is 4. The minimum absolute atomic E-state index is 0.0540. The number of nitrogens with one attached hydrogen (secondary N) is 3. The fourth-order valence-electron chi connectivity index (χ4n) is 3.94. The van der Waals surface area contributed by atoms with Gasteiger partial charge in [-0.2, -0.15) is 4.98 Å². The normalized spacial score (nSPS) is 18.9. The molecule has 1 aliphatic heterocycles. The average Bonchev–Trinajstić information content (AvgIpc) is 2.46. The minimum Gasteiger partial charge on any atom is -0.508 e. The highest BCUT2D eigenvalue weighted by molar-refractivity contribution is 5.59. The largest absolute Gasteiger partial charge is 0.508 e.